The van der Waals surface area contributed by atoms with E-state index in [2.05, 4.69) is 4.98 Å². The third-order valence-corrected chi connectivity index (χ3v) is 5.72. The van der Waals surface area contributed by atoms with Gasteiger partial charge < -0.3 is 24.8 Å². The molecular formula is C19H26N2O6. The van der Waals surface area contributed by atoms with Gasteiger partial charge >= 0.3 is 0 Å². The minimum absolute atomic E-state index is 0.0171. The maximum atomic E-state index is 13.0. The molecule has 4 rings (SSSR count). The second-order valence-corrected chi connectivity index (χ2v) is 7.32. The highest BCUT2D eigenvalue weighted by Crippen LogP contribution is 2.34. The number of aliphatic hydroxyl groups is 1. The standard InChI is InChI=1S/C18H24N2O4.CH2O2/c21-10-11-7-15-16(8-11)24-6-5-20(15)18(23)13-9-12-3-1-2-4-14(12)19-17(13)22;2-1-3/h9,11,15-16,21H,1-8,10H2,(H,19,22);1H,(H,2,3)/t11-,15+,16?;/m1./s1. The van der Waals surface area contributed by atoms with Gasteiger partial charge in [0.25, 0.3) is 17.9 Å². The van der Waals surface area contributed by atoms with Crippen LogP contribution >= 0.6 is 0 Å². The van der Waals surface area contributed by atoms with Crippen molar-refractivity contribution >= 4 is 12.4 Å². The lowest BCUT2D eigenvalue weighted by Crippen LogP contribution is -2.52. The van der Waals surface area contributed by atoms with E-state index >= 15 is 0 Å². The number of carbonyl (C=O) groups is 2. The molecular weight excluding hydrogens is 352 g/mol. The van der Waals surface area contributed by atoms with Crippen LogP contribution in [0.2, 0.25) is 0 Å². The van der Waals surface area contributed by atoms with E-state index in [4.69, 9.17) is 14.6 Å². The Labute approximate surface area is 157 Å². The molecule has 0 bridgehead atoms. The van der Waals surface area contributed by atoms with Crippen LogP contribution in [0.25, 0.3) is 0 Å². The van der Waals surface area contributed by atoms with Crippen LogP contribution in [0.3, 0.4) is 0 Å². The molecule has 3 N–H and O–H groups in total. The van der Waals surface area contributed by atoms with Crippen LogP contribution in [0.1, 0.15) is 47.3 Å². The normalized spacial score (nSPS) is 26.4. The molecule has 8 heteroatoms. The topological polar surface area (TPSA) is 120 Å². The third-order valence-electron chi connectivity index (χ3n) is 5.72. The van der Waals surface area contributed by atoms with Crippen LogP contribution in [0, 0.1) is 5.92 Å². The van der Waals surface area contributed by atoms with Crippen LogP contribution in [0.15, 0.2) is 10.9 Å². The first kappa shape index (κ1) is 19.6. The second kappa shape index (κ2) is 8.67. The first-order chi connectivity index (χ1) is 13.1. The summed E-state index contributed by atoms with van der Waals surface area (Å²) in [5.74, 6) is -0.0169. The largest absolute Gasteiger partial charge is 0.483 e. The molecule has 1 amide bonds. The van der Waals surface area contributed by atoms with E-state index in [-0.39, 0.29) is 48.2 Å². The summed E-state index contributed by atoms with van der Waals surface area (Å²) in [6.07, 6.45) is 5.52. The Balaban J connectivity index is 0.000000659. The molecule has 148 valence electrons. The number of pyridine rings is 1. The first-order valence-corrected chi connectivity index (χ1v) is 9.45. The quantitative estimate of drug-likeness (QED) is 0.647. The van der Waals surface area contributed by atoms with E-state index < -0.39 is 0 Å². The van der Waals surface area contributed by atoms with Gasteiger partial charge in [-0.25, -0.2) is 0 Å². The van der Waals surface area contributed by atoms with Crippen molar-refractivity contribution in [2.75, 3.05) is 19.8 Å². The smallest absolute Gasteiger partial charge is 0.290 e. The van der Waals surface area contributed by atoms with Crippen molar-refractivity contribution in [2.24, 2.45) is 5.92 Å². The molecule has 1 aliphatic heterocycles. The fraction of sp³-hybridized carbons (Fsp3) is 0.632. The van der Waals surface area contributed by atoms with Crippen molar-refractivity contribution in [3.63, 3.8) is 0 Å². The van der Waals surface area contributed by atoms with Crippen molar-refractivity contribution in [1.82, 2.24) is 9.88 Å². The lowest BCUT2D eigenvalue weighted by molar-refractivity contribution is -0.122. The number of carboxylic acid groups (broad SMARTS) is 1. The number of morpholine rings is 1. The van der Waals surface area contributed by atoms with E-state index in [9.17, 15) is 14.7 Å². The van der Waals surface area contributed by atoms with Crippen molar-refractivity contribution in [2.45, 2.75) is 50.7 Å². The maximum absolute atomic E-state index is 13.0. The predicted molar refractivity (Wildman–Crippen MR) is 96.8 cm³/mol. The van der Waals surface area contributed by atoms with Gasteiger partial charge in [-0.1, -0.05) is 0 Å². The van der Waals surface area contributed by atoms with Crippen LogP contribution in [0.4, 0.5) is 0 Å². The number of aliphatic hydroxyl groups excluding tert-OH is 1. The second-order valence-electron chi connectivity index (χ2n) is 7.32. The van der Waals surface area contributed by atoms with Crippen molar-refractivity contribution in [1.29, 1.82) is 0 Å². The molecule has 8 nitrogen and oxygen atoms in total. The molecule has 1 saturated heterocycles. The Morgan fingerprint density at radius 3 is 2.81 bits per heavy atom. The molecule has 1 aromatic heterocycles. The lowest BCUT2D eigenvalue weighted by Gasteiger charge is -2.37. The zero-order valence-corrected chi connectivity index (χ0v) is 15.2. The molecule has 3 aliphatic rings. The Hall–Kier alpha value is -2.19. The summed E-state index contributed by atoms with van der Waals surface area (Å²) in [5, 5.41) is 16.3. The molecule has 2 aliphatic carbocycles. The van der Waals surface area contributed by atoms with Crippen molar-refractivity contribution in [3.05, 3.63) is 33.2 Å². The van der Waals surface area contributed by atoms with Gasteiger partial charge in [-0.2, -0.15) is 0 Å². The fourth-order valence-corrected chi connectivity index (χ4v) is 4.44. The molecule has 1 unspecified atom stereocenters. The molecule has 0 spiro atoms. The molecule has 2 heterocycles. The summed E-state index contributed by atoms with van der Waals surface area (Å²) in [7, 11) is 0. The van der Waals surface area contributed by atoms with E-state index in [0.717, 1.165) is 49.8 Å². The molecule has 2 fully saturated rings. The van der Waals surface area contributed by atoms with Gasteiger partial charge in [0.1, 0.15) is 5.56 Å². The Kier molecular flexibility index (Phi) is 6.28. The number of aromatic nitrogens is 1. The number of nitrogens with zero attached hydrogens (tertiary/aromatic N) is 1. The minimum Gasteiger partial charge on any atom is -0.483 e. The predicted octanol–water partition coefficient (Wildman–Crippen LogP) is 0.566. The number of amides is 1. The summed E-state index contributed by atoms with van der Waals surface area (Å²) in [4.78, 5) is 38.5. The summed E-state index contributed by atoms with van der Waals surface area (Å²) in [5.41, 5.74) is 2.07. The van der Waals surface area contributed by atoms with E-state index in [1.54, 1.807) is 11.0 Å². The molecule has 1 aromatic rings. The van der Waals surface area contributed by atoms with Gasteiger partial charge in [-0.05, 0) is 56.1 Å². The van der Waals surface area contributed by atoms with Crippen LogP contribution < -0.4 is 5.56 Å². The maximum Gasteiger partial charge on any atom is 0.290 e. The number of aromatic amines is 1. The van der Waals surface area contributed by atoms with E-state index in [0.29, 0.717) is 13.2 Å². The average molecular weight is 378 g/mol. The Bertz CT molecular complexity index is 746. The molecule has 3 atom stereocenters. The summed E-state index contributed by atoms with van der Waals surface area (Å²) in [6.45, 7) is 0.875. The van der Waals surface area contributed by atoms with Gasteiger partial charge in [0, 0.05) is 18.8 Å². The van der Waals surface area contributed by atoms with Gasteiger partial charge in [0.15, 0.2) is 0 Å². The van der Waals surface area contributed by atoms with Gasteiger partial charge in [-0.15, -0.1) is 0 Å². The first-order valence-electron chi connectivity index (χ1n) is 9.45. The number of nitrogens with one attached hydrogen (secondary N) is 1. The van der Waals surface area contributed by atoms with Crippen LogP contribution in [0.5, 0.6) is 0 Å². The molecule has 1 saturated carbocycles. The van der Waals surface area contributed by atoms with Gasteiger partial charge in [0.2, 0.25) is 0 Å². The zero-order valence-electron chi connectivity index (χ0n) is 15.2. The average Bonchev–Trinajstić information content (AvgIpc) is 3.11. The van der Waals surface area contributed by atoms with Gasteiger partial charge in [-0.3, -0.25) is 14.4 Å². The number of rotatable bonds is 2. The minimum atomic E-state index is -0.277. The number of hydrogen-bond donors (Lipinski definition) is 3. The van der Waals surface area contributed by atoms with Crippen molar-refractivity contribution < 1.29 is 24.5 Å². The van der Waals surface area contributed by atoms with Crippen LogP contribution in [-0.2, 0) is 22.4 Å². The van der Waals surface area contributed by atoms with E-state index in [1.807, 2.05) is 0 Å². The number of ether oxygens (including phenoxy) is 1. The Morgan fingerprint density at radius 2 is 2.07 bits per heavy atom. The highest BCUT2D eigenvalue weighted by Gasteiger charge is 2.43. The molecule has 0 aromatic carbocycles. The number of H-pyrrole nitrogens is 1. The van der Waals surface area contributed by atoms with E-state index in [1.165, 1.54) is 0 Å². The number of hydrogen-bond acceptors (Lipinski definition) is 5. The van der Waals surface area contributed by atoms with Gasteiger partial charge in [0.05, 0.1) is 18.8 Å². The SMILES string of the molecule is O=C(c1cc2c([nH]c1=O)CCCC2)N1CCOC2C[C@H](CO)C[C@@H]21.O=CO. The summed E-state index contributed by atoms with van der Waals surface area (Å²) >= 11 is 0. The van der Waals surface area contributed by atoms with Crippen molar-refractivity contribution in [3.8, 4) is 0 Å². The monoisotopic (exact) mass is 378 g/mol. The lowest BCUT2D eigenvalue weighted by atomic mass is 9.94. The Morgan fingerprint density at radius 1 is 1.33 bits per heavy atom. The third kappa shape index (κ3) is 4.06. The summed E-state index contributed by atoms with van der Waals surface area (Å²) in [6, 6.07) is 1.78. The van der Waals surface area contributed by atoms with Crippen LogP contribution in [-0.4, -0.2) is 64.4 Å². The fourth-order valence-electron chi connectivity index (χ4n) is 4.44. The number of fused-ring (bicyclic) bond motifs is 2. The number of carbonyl (C=O) groups excluding carboxylic acids is 1. The molecule has 0 radical (unpaired) electrons. The summed E-state index contributed by atoms with van der Waals surface area (Å²) < 4.78 is 5.78. The highest BCUT2D eigenvalue weighted by molar-refractivity contribution is 5.94. The zero-order chi connectivity index (χ0) is 19.4. The number of aryl methyl sites for hydroxylation is 2. The highest BCUT2D eigenvalue weighted by atomic mass is 16.5. The molecule has 27 heavy (non-hydrogen) atoms.